The highest BCUT2D eigenvalue weighted by Gasteiger charge is 2.33. The van der Waals surface area contributed by atoms with Crippen LogP contribution in [0.2, 0.25) is 0 Å². The highest BCUT2D eigenvalue weighted by atomic mass is 32.2. The number of aryl methyl sites for hydroxylation is 3. The molecule has 0 radical (unpaired) electrons. The van der Waals surface area contributed by atoms with Crippen LogP contribution >= 0.6 is 11.3 Å². The predicted molar refractivity (Wildman–Crippen MR) is 90.9 cm³/mol. The molecule has 1 atom stereocenters. The van der Waals surface area contributed by atoms with Gasteiger partial charge in [-0.25, -0.2) is 8.42 Å². The molecule has 1 aromatic heterocycles. The van der Waals surface area contributed by atoms with Crippen molar-refractivity contribution in [2.24, 2.45) is 0 Å². The van der Waals surface area contributed by atoms with Crippen LogP contribution in [-0.4, -0.2) is 19.8 Å². The Hall–Kier alpha value is -1.17. The van der Waals surface area contributed by atoms with E-state index >= 15 is 0 Å². The van der Waals surface area contributed by atoms with Crippen LogP contribution in [0.1, 0.15) is 39.8 Å². The molecule has 0 unspecified atom stereocenters. The maximum Gasteiger partial charge on any atom is 0.244 e. The van der Waals surface area contributed by atoms with Crippen molar-refractivity contribution in [3.63, 3.8) is 0 Å². The summed E-state index contributed by atoms with van der Waals surface area (Å²) < 4.78 is 27.6. The van der Waals surface area contributed by atoms with Gasteiger partial charge in [0.05, 0.1) is 4.90 Å². The SMILES string of the molecule is Cc1cc(S(=O)(=O)N(C)[C@H]2CCCc3ccccc32)c(C)s1. The predicted octanol–water partition coefficient (Wildman–Crippen LogP) is 4.06. The molecule has 0 fully saturated rings. The van der Waals surface area contributed by atoms with Crippen LogP contribution < -0.4 is 0 Å². The second-order valence-corrected chi connectivity index (χ2v) is 9.33. The lowest BCUT2D eigenvalue weighted by molar-refractivity contribution is 0.337. The molecule has 0 N–H and O–H groups in total. The van der Waals surface area contributed by atoms with Gasteiger partial charge in [-0.05, 0) is 50.3 Å². The molecular formula is C17H21NO2S2. The summed E-state index contributed by atoms with van der Waals surface area (Å²) >= 11 is 1.54. The molecule has 1 aromatic carbocycles. The number of fused-ring (bicyclic) bond motifs is 1. The molecule has 3 nitrogen and oxygen atoms in total. The highest BCUT2D eigenvalue weighted by Crippen LogP contribution is 2.37. The fourth-order valence-corrected chi connectivity index (χ4v) is 6.18. The molecule has 0 bridgehead atoms. The second-order valence-electron chi connectivity index (χ2n) is 5.91. The van der Waals surface area contributed by atoms with Gasteiger partial charge in [0, 0.05) is 22.8 Å². The minimum absolute atomic E-state index is 0.0606. The molecule has 1 aliphatic rings. The van der Waals surface area contributed by atoms with E-state index in [0.29, 0.717) is 4.90 Å². The van der Waals surface area contributed by atoms with Crippen molar-refractivity contribution in [1.82, 2.24) is 4.31 Å². The van der Waals surface area contributed by atoms with E-state index in [0.717, 1.165) is 34.6 Å². The van der Waals surface area contributed by atoms with Crippen molar-refractivity contribution in [3.8, 4) is 0 Å². The molecule has 1 aliphatic carbocycles. The summed E-state index contributed by atoms with van der Waals surface area (Å²) in [5, 5.41) is 0. The van der Waals surface area contributed by atoms with E-state index < -0.39 is 10.0 Å². The molecule has 0 saturated carbocycles. The van der Waals surface area contributed by atoms with E-state index in [1.54, 1.807) is 17.4 Å². The number of nitrogens with zero attached hydrogens (tertiary/aromatic N) is 1. The average Bonchev–Trinajstić information content (AvgIpc) is 2.85. The zero-order valence-corrected chi connectivity index (χ0v) is 14.8. The van der Waals surface area contributed by atoms with E-state index in [2.05, 4.69) is 12.1 Å². The number of hydrogen-bond acceptors (Lipinski definition) is 3. The molecule has 0 saturated heterocycles. The Morgan fingerprint density at radius 2 is 1.95 bits per heavy atom. The Bertz CT molecular complexity index is 793. The minimum Gasteiger partial charge on any atom is -0.207 e. The smallest absolute Gasteiger partial charge is 0.207 e. The third-order valence-electron chi connectivity index (χ3n) is 4.43. The molecule has 5 heteroatoms. The van der Waals surface area contributed by atoms with Gasteiger partial charge in [-0.15, -0.1) is 11.3 Å². The number of sulfonamides is 1. The maximum absolute atomic E-state index is 13.0. The molecule has 0 spiro atoms. The summed E-state index contributed by atoms with van der Waals surface area (Å²) in [5.41, 5.74) is 2.43. The fraction of sp³-hybridized carbons (Fsp3) is 0.412. The summed E-state index contributed by atoms with van der Waals surface area (Å²) in [5.74, 6) is 0. The normalized spacial score (nSPS) is 18.5. The molecule has 118 valence electrons. The van der Waals surface area contributed by atoms with E-state index in [-0.39, 0.29) is 6.04 Å². The summed E-state index contributed by atoms with van der Waals surface area (Å²) in [7, 11) is -1.73. The van der Waals surface area contributed by atoms with Crippen molar-refractivity contribution in [1.29, 1.82) is 0 Å². The lowest BCUT2D eigenvalue weighted by Gasteiger charge is -2.32. The van der Waals surface area contributed by atoms with Crippen LogP contribution in [0.25, 0.3) is 0 Å². The van der Waals surface area contributed by atoms with Crippen LogP contribution in [0.4, 0.5) is 0 Å². The topological polar surface area (TPSA) is 37.4 Å². The van der Waals surface area contributed by atoms with Crippen LogP contribution in [-0.2, 0) is 16.4 Å². The average molecular weight is 335 g/mol. The lowest BCUT2D eigenvalue weighted by atomic mass is 9.88. The Morgan fingerprint density at radius 1 is 1.23 bits per heavy atom. The monoisotopic (exact) mass is 335 g/mol. The number of hydrogen-bond donors (Lipinski definition) is 0. The molecule has 0 amide bonds. The Labute approximate surface area is 136 Å². The molecule has 0 aliphatic heterocycles. The number of rotatable bonds is 3. The molecule has 22 heavy (non-hydrogen) atoms. The Balaban J connectivity index is 2.01. The largest absolute Gasteiger partial charge is 0.244 e. The van der Waals surface area contributed by atoms with E-state index in [1.165, 1.54) is 16.9 Å². The van der Waals surface area contributed by atoms with E-state index in [4.69, 9.17) is 0 Å². The van der Waals surface area contributed by atoms with Gasteiger partial charge in [-0.3, -0.25) is 0 Å². The van der Waals surface area contributed by atoms with Gasteiger partial charge in [-0.1, -0.05) is 24.3 Å². The third kappa shape index (κ3) is 2.62. The van der Waals surface area contributed by atoms with Crippen LogP contribution in [0, 0.1) is 13.8 Å². The van der Waals surface area contributed by atoms with Gasteiger partial charge in [0.25, 0.3) is 0 Å². The van der Waals surface area contributed by atoms with Gasteiger partial charge < -0.3 is 0 Å². The van der Waals surface area contributed by atoms with Crippen molar-refractivity contribution in [2.45, 2.75) is 44.0 Å². The van der Waals surface area contributed by atoms with Crippen molar-refractivity contribution in [2.75, 3.05) is 7.05 Å². The standard InChI is InChI=1S/C17H21NO2S2/c1-12-11-17(13(2)21-12)22(19,20)18(3)16-10-6-8-14-7-4-5-9-15(14)16/h4-5,7,9,11,16H,6,8,10H2,1-3H3/t16-/m0/s1. The van der Waals surface area contributed by atoms with Gasteiger partial charge in [0.15, 0.2) is 0 Å². The Morgan fingerprint density at radius 3 is 2.64 bits per heavy atom. The second kappa shape index (κ2) is 5.80. The first-order chi connectivity index (χ1) is 10.4. The van der Waals surface area contributed by atoms with Crippen LogP contribution in [0.15, 0.2) is 35.2 Å². The summed E-state index contributed by atoms with van der Waals surface area (Å²) in [6.45, 7) is 3.83. The van der Waals surface area contributed by atoms with Crippen LogP contribution in [0.3, 0.4) is 0 Å². The number of benzene rings is 1. The van der Waals surface area contributed by atoms with Crippen molar-refractivity contribution in [3.05, 3.63) is 51.2 Å². The summed E-state index contributed by atoms with van der Waals surface area (Å²) in [6, 6.07) is 9.94. The zero-order valence-electron chi connectivity index (χ0n) is 13.2. The first-order valence-corrected chi connectivity index (χ1v) is 9.80. The Kier molecular flexibility index (Phi) is 4.14. The van der Waals surface area contributed by atoms with E-state index in [9.17, 15) is 8.42 Å². The first kappa shape index (κ1) is 15.7. The van der Waals surface area contributed by atoms with E-state index in [1.807, 2.05) is 26.0 Å². The molecule has 3 rings (SSSR count). The quantitative estimate of drug-likeness (QED) is 0.848. The summed E-state index contributed by atoms with van der Waals surface area (Å²) in [4.78, 5) is 2.36. The van der Waals surface area contributed by atoms with Crippen molar-refractivity contribution >= 4 is 21.4 Å². The zero-order chi connectivity index (χ0) is 15.9. The van der Waals surface area contributed by atoms with Crippen LogP contribution in [0.5, 0.6) is 0 Å². The van der Waals surface area contributed by atoms with Crippen molar-refractivity contribution < 1.29 is 8.42 Å². The first-order valence-electron chi connectivity index (χ1n) is 7.54. The third-order valence-corrected chi connectivity index (χ3v) is 7.52. The van der Waals surface area contributed by atoms with Gasteiger partial charge in [-0.2, -0.15) is 4.31 Å². The summed E-state index contributed by atoms with van der Waals surface area (Å²) in [6.07, 6.45) is 2.95. The van der Waals surface area contributed by atoms with Gasteiger partial charge in [0.1, 0.15) is 0 Å². The molecule has 1 heterocycles. The minimum atomic E-state index is -3.45. The highest BCUT2D eigenvalue weighted by molar-refractivity contribution is 7.89. The van der Waals surface area contributed by atoms with Gasteiger partial charge >= 0.3 is 0 Å². The fourth-order valence-electron chi connectivity index (χ4n) is 3.29. The number of thiophene rings is 1. The van der Waals surface area contributed by atoms with Gasteiger partial charge in [0.2, 0.25) is 10.0 Å². The molecule has 2 aromatic rings. The maximum atomic E-state index is 13.0. The lowest BCUT2D eigenvalue weighted by Crippen LogP contribution is -2.33. The molecular weight excluding hydrogens is 314 g/mol.